The zero-order chi connectivity index (χ0) is 16.6. The Balaban J connectivity index is 4.91. The molecule has 0 heterocycles. The molecule has 128 valence electrons. The third-order valence-electron chi connectivity index (χ3n) is 4.00. The van der Waals surface area contributed by atoms with E-state index in [0.29, 0.717) is 8.87 Å². The molecule has 0 aromatic heterocycles. The zero-order valence-corrected chi connectivity index (χ0v) is 15.7. The molecule has 0 aliphatic heterocycles. The minimum absolute atomic E-state index is 0.0221. The van der Waals surface area contributed by atoms with Crippen molar-refractivity contribution in [3.05, 3.63) is 0 Å². The number of hydrogen-bond donors (Lipinski definition) is 0. The minimum atomic E-state index is -4.25. The van der Waals surface area contributed by atoms with Crippen LogP contribution in [0.1, 0.15) is 52.4 Å². The van der Waals surface area contributed by atoms with Gasteiger partial charge in [0.05, 0.1) is 0 Å². The molecule has 0 saturated heterocycles. The molecule has 0 unspecified atom stereocenters. The first-order valence-electron chi connectivity index (χ1n) is 7.67. The van der Waals surface area contributed by atoms with Crippen LogP contribution in [0.25, 0.3) is 0 Å². The third-order valence-corrected chi connectivity index (χ3v) is 19.6. The molecule has 7 heteroatoms. The summed E-state index contributed by atoms with van der Waals surface area (Å²) in [7, 11) is 0. The van der Waals surface area contributed by atoms with Gasteiger partial charge in [0.25, 0.3) is 0 Å². The van der Waals surface area contributed by atoms with E-state index in [2.05, 4.69) is 0 Å². The van der Waals surface area contributed by atoms with Gasteiger partial charge in [0, 0.05) is 0 Å². The summed E-state index contributed by atoms with van der Waals surface area (Å²) in [6.45, 7) is 3.87. The summed E-state index contributed by atoms with van der Waals surface area (Å²) in [5.41, 5.74) is 0. The molecule has 0 nitrogen and oxygen atoms in total. The molecule has 0 aromatic carbocycles. The van der Waals surface area contributed by atoms with Crippen molar-refractivity contribution in [3.8, 4) is 0 Å². The standard InChI is InChI=1S/2C4H9.2C3H4F3.Sn/c2*1-3-4-2;2*1-2-3(4,5)6;/h2*1,3-4H2,2H3;2*1-2H2;. The number of alkyl halides is 6. The van der Waals surface area contributed by atoms with Crippen molar-refractivity contribution in [2.75, 3.05) is 0 Å². The SMILES string of the molecule is CCC[CH2][Sn]([CH2]CCC)([CH2]CC(F)(F)F)[CH2]CC(F)(F)F. The Bertz CT molecular complexity index is 244. The fourth-order valence-corrected chi connectivity index (χ4v) is 17.9. The van der Waals surface area contributed by atoms with Crippen LogP contribution in [0.2, 0.25) is 17.7 Å². The van der Waals surface area contributed by atoms with Crippen molar-refractivity contribution in [2.45, 2.75) is 82.5 Å². The van der Waals surface area contributed by atoms with E-state index < -0.39 is 43.6 Å². The first-order chi connectivity index (χ1) is 9.54. The first kappa shape index (κ1) is 21.4. The van der Waals surface area contributed by atoms with Crippen LogP contribution < -0.4 is 0 Å². The maximum atomic E-state index is 12.5. The summed E-state index contributed by atoms with van der Waals surface area (Å²) >= 11 is -3.35. The summed E-state index contributed by atoms with van der Waals surface area (Å²) in [6, 6.07) is 0. The van der Waals surface area contributed by atoms with Gasteiger partial charge in [0.2, 0.25) is 0 Å². The summed E-state index contributed by atoms with van der Waals surface area (Å²) in [5.74, 6) is 0. The Morgan fingerprint density at radius 2 is 0.952 bits per heavy atom. The molecule has 0 spiro atoms. The van der Waals surface area contributed by atoms with Crippen molar-refractivity contribution >= 4 is 18.4 Å². The second-order valence-corrected chi connectivity index (χ2v) is 20.2. The first-order valence-corrected chi connectivity index (χ1v) is 15.7. The van der Waals surface area contributed by atoms with Gasteiger partial charge in [0.1, 0.15) is 0 Å². The van der Waals surface area contributed by atoms with Crippen molar-refractivity contribution in [1.82, 2.24) is 0 Å². The molecule has 0 amide bonds. The molecule has 0 bridgehead atoms. The molecule has 0 rings (SSSR count). The van der Waals surface area contributed by atoms with E-state index in [4.69, 9.17) is 0 Å². The molecule has 0 aromatic rings. The second-order valence-electron chi connectivity index (χ2n) is 5.94. The van der Waals surface area contributed by atoms with E-state index in [1.807, 2.05) is 13.8 Å². The third kappa shape index (κ3) is 11.6. The average molecular weight is 427 g/mol. The van der Waals surface area contributed by atoms with E-state index in [1.54, 1.807) is 0 Å². The normalized spacial score (nSPS) is 13.7. The number of rotatable bonds is 10. The Labute approximate surface area is 127 Å². The van der Waals surface area contributed by atoms with Gasteiger partial charge in [0.15, 0.2) is 0 Å². The summed E-state index contributed by atoms with van der Waals surface area (Å²) in [5, 5.41) is 0. The second kappa shape index (κ2) is 9.50. The van der Waals surface area contributed by atoms with Gasteiger partial charge in [-0.05, 0) is 0 Å². The van der Waals surface area contributed by atoms with Crippen LogP contribution in [-0.4, -0.2) is 30.7 Å². The predicted molar refractivity (Wildman–Crippen MR) is 76.1 cm³/mol. The molecule has 0 N–H and O–H groups in total. The average Bonchev–Trinajstić information content (AvgIpc) is 2.35. The quantitative estimate of drug-likeness (QED) is 0.262. The maximum absolute atomic E-state index is 12.5. The molecule has 21 heavy (non-hydrogen) atoms. The molecular weight excluding hydrogens is 401 g/mol. The van der Waals surface area contributed by atoms with Gasteiger partial charge in [-0.1, -0.05) is 0 Å². The van der Waals surface area contributed by atoms with Gasteiger partial charge in [-0.15, -0.1) is 0 Å². The molecular formula is C14H26F6Sn. The molecule has 0 atom stereocenters. The molecule has 0 radical (unpaired) electrons. The monoisotopic (exact) mass is 428 g/mol. The van der Waals surface area contributed by atoms with E-state index in [9.17, 15) is 26.3 Å². The van der Waals surface area contributed by atoms with Gasteiger partial charge in [-0.2, -0.15) is 0 Å². The summed E-state index contributed by atoms with van der Waals surface area (Å²) in [6.07, 6.45) is -7.07. The zero-order valence-electron chi connectivity index (χ0n) is 12.8. The van der Waals surface area contributed by atoms with Crippen molar-refractivity contribution < 1.29 is 26.3 Å². The summed E-state index contributed by atoms with van der Waals surface area (Å²) in [4.78, 5) is 0. The van der Waals surface area contributed by atoms with E-state index >= 15 is 0 Å². The van der Waals surface area contributed by atoms with E-state index in [-0.39, 0.29) is 8.87 Å². The van der Waals surface area contributed by atoms with Crippen LogP contribution in [0.15, 0.2) is 0 Å². The molecule has 0 fully saturated rings. The van der Waals surface area contributed by atoms with Crippen LogP contribution in [0.5, 0.6) is 0 Å². The van der Waals surface area contributed by atoms with Crippen LogP contribution in [-0.2, 0) is 0 Å². The van der Waals surface area contributed by atoms with Gasteiger partial charge >= 0.3 is 127 Å². The number of unbranched alkanes of at least 4 members (excludes halogenated alkanes) is 2. The van der Waals surface area contributed by atoms with Gasteiger partial charge in [-0.25, -0.2) is 0 Å². The number of hydrogen-bond acceptors (Lipinski definition) is 0. The summed E-state index contributed by atoms with van der Waals surface area (Å²) < 4.78 is 76.5. The Hall–Kier alpha value is 0.379. The van der Waals surface area contributed by atoms with Crippen LogP contribution >= 0.6 is 0 Å². The fraction of sp³-hybridized carbons (Fsp3) is 1.00. The van der Waals surface area contributed by atoms with Crippen molar-refractivity contribution in [1.29, 1.82) is 0 Å². The molecule has 0 saturated carbocycles. The fourth-order valence-electron chi connectivity index (χ4n) is 2.67. The predicted octanol–water partition coefficient (Wildman–Crippen LogP) is 6.94. The molecule has 0 aliphatic carbocycles. The number of halogens is 6. The van der Waals surface area contributed by atoms with E-state index in [0.717, 1.165) is 25.7 Å². The van der Waals surface area contributed by atoms with Crippen LogP contribution in [0.4, 0.5) is 26.3 Å². The van der Waals surface area contributed by atoms with Crippen molar-refractivity contribution in [3.63, 3.8) is 0 Å². The Morgan fingerprint density at radius 1 is 0.619 bits per heavy atom. The van der Waals surface area contributed by atoms with Crippen LogP contribution in [0.3, 0.4) is 0 Å². The van der Waals surface area contributed by atoms with Crippen LogP contribution in [0, 0.1) is 0 Å². The Kier molecular flexibility index (Phi) is 9.67. The van der Waals surface area contributed by atoms with Gasteiger partial charge in [-0.3, -0.25) is 0 Å². The topological polar surface area (TPSA) is 0 Å². The van der Waals surface area contributed by atoms with Crippen molar-refractivity contribution in [2.24, 2.45) is 0 Å². The van der Waals surface area contributed by atoms with Gasteiger partial charge < -0.3 is 0 Å². The van der Waals surface area contributed by atoms with E-state index in [1.165, 1.54) is 0 Å². The molecule has 0 aliphatic rings. The Morgan fingerprint density at radius 3 is 1.19 bits per heavy atom.